The largest absolute Gasteiger partial charge is 0.382 e. The minimum absolute atomic E-state index is 0.433. The Kier molecular flexibility index (Phi) is 5.10. The maximum atomic E-state index is 12.0. The van der Waals surface area contributed by atoms with Crippen LogP contribution >= 0.6 is 0 Å². The van der Waals surface area contributed by atoms with Crippen LogP contribution in [0.5, 0.6) is 0 Å². The van der Waals surface area contributed by atoms with E-state index in [4.69, 9.17) is 0 Å². The molecule has 0 aromatic heterocycles. The predicted octanol–water partition coefficient (Wildman–Crippen LogP) is 3.09. The summed E-state index contributed by atoms with van der Waals surface area (Å²) in [5.74, 6) is 0. The smallest absolute Gasteiger partial charge is 0.232 e. The van der Waals surface area contributed by atoms with Crippen LogP contribution in [-0.4, -0.2) is 45.2 Å². The fraction of sp³-hybridized carbons (Fsp3) is 0.429. The second-order valence-electron chi connectivity index (χ2n) is 7.61. The van der Waals surface area contributed by atoms with Crippen molar-refractivity contribution in [1.29, 1.82) is 0 Å². The molecular formula is C21H27N3O2S. The summed E-state index contributed by atoms with van der Waals surface area (Å²) in [6.45, 7) is 3.71. The number of sulfonamides is 1. The van der Waals surface area contributed by atoms with Gasteiger partial charge in [-0.25, -0.2) is 8.42 Å². The molecule has 1 saturated heterocycles. The van der Waals surface area contributed by atoms with Crippen LogP contribution in [0.2, 0.25) is 0 Å². The molecule has 1 fully saturated rings. The molecule has 2 aliphatic heterocycles. The summed E-state index contributed by atoms with van der Waals surface area (Å²) in [4.78, 5) is 2.50. The van der Waals surface area contributed by atoms with Gasteiger partial charge in [-0.1, -0.05) is 36.4 Å². The van der Waals surface area contributed by atoms with E-state index in [0.29, 0.717) is 12.6 Å². The summed E-state index contributed by atoms with van der Waals surface area (Å²) in [5, 5.41) is 3.62. The van der Waals surface area contributed by atoms with E-state index in [1.807, 2.05) is 6.07 Å². The van der Waals surface area contributed by atoms with Crippen LogP contribution in [-0.2, 0) is 23.0 Å². The van der Waals surface area contributed by atoms with E-state index in [-0.39, 0.29) is 0 Å². The SMILES string of the molecule is CS(=O)(=O)N1CCc2ccc(NC3CCN(Cc4ccccc4)CC3)cc21. The van der Waals surface area contributed by atoms with Gasteiger partial charge < -0.3 is 5.32 Å². The molecule has 0 amide bonds. The molecule has 0 saturated carbocycles. The lowest BCUT2D eigenvalue weighted by Gasteiger charge is -2.33. The molecule has 27 heavy (non-hydrogen) atoms. The molecule has 2 aromatic rings. The Labute approximate surface area is 162 Å². The molecule has 0 radical (unpaired) electrons. The molecule has 5 nitrogen and oxygen atoms in total. The van der Waals surface area contributed by atoms with E-state index >= 15 is 0 Å². The maximum absolute atomic E-state index is 12.0. The van der Waals surface area contributed by atoms with Crippen molar-refractivity contribution >= 4 is 21.4 Å². The van der Waals surface area contributed by atoms with Crippen molar-refractivity contribution in [3.05, 3.63) is 59.7 Å². The van der Waals surface area contributed by atoms with Crippen molar-refractivity contribution in [2.45, 2.75) is 31.8 Å². The number of hydrogen-bond donors (Lipinski definition) is 1. The number of nitrogens with zero attached hydrogens (tertiary/aromatic N) is 2. The number of fused-ring (bicyclic) bond motifs is 1. The zero-order valence-electron chi connectivity index (χ0n) is 15.8. The summed E-state index contributed by atoms with van der Waals surface area (Å²) in [6.07, 6.45) is 4.27. The van der Waals surface area contributed by atoms with Gasteiger partial charge >= 0.3 is 0 Å². The minimum Gasteiger partial charge on any atom is -0.382 e. The van der Waals surface area contributed by atoms with Crippen molar-refractivity contribution in [2.24, 2.45) is 0 Å². The molecule has 0 aliphatic carbocycles. The van der Waals surface area contributed by atoms with E-state index in [2.05, 4.69) is 52.7 Å². The van der Waals surface area contributed by atoms with Gasteiger partial charge in [0.05, 0.1) is 11.9 Å². The Morgan fingerprint density at radius 2 is 1.78 bits per heavy atom. The van der Waals surface area contributed by atoms with Crippen molar-refractivity contribution in [3.63, 3.8) is 0 Å². The quantitative estimate of drug-likeness (QED) is 0.859. The standard InChI is InChI=1S/C21H27N3O2S/c1-27(25,26)24-14-9-18-7-8-20(15-21(18)24)22-19-10-12-23(13-11-19)16-17-5-3-2-4-6-17/h2-8,15,19,22H,9-14,16H2,1H3. The summed E-state index contributed by atoms with van der Waals surface area (Å²) < 4.78 is 25.5. The number of likely N-dealkylation sites (tertiary alicyclic amines) is 1. The molecule has 4 rings (SSSR count). The Balaban J connectivity index is 1.36. The molecule has 1 N–H and O–H groups in total. The molecule has 2 aliphatic rings. The van der Waals surface area contributed by atoms with Gasteiger partial charge in [0.2, 0.25) is 10.0 Å². The Morgan fingerprint density at radius 3 is 2.48 bits per heavy atom. The van der Waals surface area contributed by atoms with Crippen molar-refractivity contribution < 1.29 is 8.42 Å². The van der Waals surface area contributed by atoms with Gasteiger partial charge in [0.15, 0.2) is 0 Å². The Hall–Kier alpha value is -2.05. The fourth-order valence-electron chi connectivity index (χ4n) is 4.10. The zero-order valence-corrected chi connectivity index (χ0v) is 16.6. The van der Waals surface area contributed by atoms with Crippen molar-refractivity contribution in [1.82, 2.24) is 4.90 Å². The summed E-state index contributed by atoms with van der Waals surface area (Å²) >= 11 is 0. The van der Waals surface area contributed by atoms with Crippen molar-refractivity contribution in [2.75, 3.05) is 35.5 Å². The lowest BCUT2D eigenvalue weighted by atomic mass is 10.0. The van der Waals surface area contributed by atoms with E-state index in [9.17, 15) is 8.42 Å². The molecule has 0 unspecified atom stereocenters. The molecule has 2 aromatic carbocycles. The first-order chi connectivity index (χ1) is 13.0. The number of hydrogen-bond acceptors (Lipinski definition) is 4. The van der Waals surface area contributed by atoms with Crippen LogP contribution < -0.4 is 9.62 Å². The molecule has 0 atom stereocenters. The molecule has 2 heterocycles. The summed E-state index contributed by atoms with van der Waals surface area (Å²) in [6, 6.07) is 17.2. The van der Waals surface area contributed by atoms with Crippen LogP contribution in [0.1, 0.15) is 24.0 Å². The summed E-state index contributed by atoms with van der Waals surface area (Å²) in [5.41, 5.74) is 4.34. The average molecular weight is 386 g/mol. The van der Waals surface area contributed by atoms with Gasteiger partial charge in [0, 0.05) is 37.9 Å². The molecule has 0 bridgehead atoms. The number of anilines is 2. The van der Waals surface area contributed by atoms with E-state index in [1.54, 1.807) is 0 Å². The number of benzene rings is 2. The first kappa shape index (κ1) is 18.3. The number of nitrogens with one attached hydrogen (secondary N) is 1. The summed E-state index contributed by atoms with van der Waals surface area (Å²) in [7, 11) is -3.20. The van der Waals surface area contributed by atoms with Gasteiger partial charge in [-0.3, -0.25) is 9.21 Å². The average Bonchev–Trinajstić information content (AvgIpc) is 3.08. The number of rotatable bonds is 5. The Bertz CT molecular complexity index is 891. The van der Waals surface area contributed by atoms with Crippen molar-refractivity contribution in [3.8, 4) is 0 Å². The Morgan fingerprint density at radius 1 is 1.04 bits per heavy atom. The topological polar surface area (TPSA) is 52.7 Å². The molecule has 6 heteroatoms. The molecule has 144 valence electrons. The normalized spacial score (nSPS) is 18.5. The highest BCUT2D eigenvalue weighted by Gasteiger charge is 2.27. The zero-order chi connectivity index (χ0) is 18.9. The number of piperidine rings is 1. The first-order valence-electron chi connectivity index (χ1n) is 9.62. The first-order valence-corrected chi connectivity index (χ1v) is 11.5. The third-order valence-electron chi connectivity index (χ3n) is 5.55. The highest BCUT2D eigenvalue weighted by Crippen LogP contribution is 2.33. The second kappa shape index (κ2) is 7.52. The third kappa shape index (κ3) is 4.28. The minimum atomic E-state index is -3.20. The van der Waals surface area contributed by atoms with Gasteiger partial charge in [0.25, 0.3) is 0 Å². The monoisotopic (exact) mass is 385 g/mol. The lowest BCUT2D eigenvalue weighted by Crippen LogP contribution is -2.38. The highest BCUT2D eigenvalue weighted by atomic mass is 32.2. The third-order valence-corrected chi connectivity index (χ3v) is 6.73. The van der Waals surface area contributed by atoms with Gasteiger partial charge in [0.1, 0.15) is 0 Å². The highest BCUT2D eigenvalue weighted by molar-refractivity contribution is 7.92. The van der Waals surface area contributed by atoms with Crippen LogP contribution in [0.3, 0.4) is 0 Å². The molecular weight excluding hydrogens is 358 g/mol. The van der Waals surface area contributed by atoms with Gasteiger partial charge in [-0.05, 0) is 42.5 Å². The lowest BCUT2D eigenvalue weighted by molar-refractivity contribution is 0.211. The van der Waals surface area contributed by atoms with E-state index in [0.717, 1.165) is 55.8 Å². The van der Waals surface area contributed by atoms with E-state index < -0.39 is 10.0 Å². The van der Waals surface area contributed by atoms with Crippen LogP contribution in [0.4, 0.5) is 11.4 Å². The van der Waals surface area contributed by atoms with E-state index in [1.165, 1.54) is 16.1 Å². The molecule has 0 spiro atoms. The van der Waals surface area contributed by atoms with Crippen LogP contribution in [0, 0.1) is 0 Å². The maximum Gasteiger partial charge on any atom is 0.232 e. The second-order valence-corrected chi connectivity index (χ2v) is 9.52. The van der Waals surface area contributed by atoms with Crippen LogP contribution in [0.15, 0.2) is 48.5 Å². The van der Waals surface area contributed by atoms with Gasteiger partial charge in [-0.2, -0.15) is 0 Å². The predicted molar refractivity (Wildman–Crippen MR) is 111 cm³/mol. The van der Waals surface area contributed by atoms with Gasteiger partial charge in [-0.15, -0.1) is 0 Å². The fourth-order valence-corrected chi connectivity index (χ4v) is 5.05. The van der Waals surface area contributed by atoms with Crippen LogP contribution in [0.25, 0.3) is 0 Å².